The smallest absolute Gasteiger partial charge is 0.415 e. The van der Waals surface area contributed by atoms with Gasteiger partial charge in [-0.1, -0.05) is 44.7 Å². The number of amides is 2. The summed E-state index contributed by atoms with van der Waals surface area (Å²) in [7, 11) is 0. The maximum Gasteiger partial charge on any atom is 0.415 e. The number of nitrogens with one attached hydrogen (secondary N) is 1. The molecule has 3 heterocycles. The molecular weight excluding hydrogens is 444 g/mol. The molecule has 1 aromatic heterocycles. The molecule has 2 fully saturated rings. The Morgan fingerprint density at radius 1 is 1.17 bits per heavy atom. The second-order valence-corrected chi connectivity index (χ2v) is 9.41. The van der Waals surface area contributed by atoms with Crippen LogP contribution in [-0.2, 0) is 16.1 Å². The van der Waals surface area contributed by atoms with Crippen LogP contribution >= 0.6 is 0 Å². The average Bonchev–Trinajstić information content (AvgIpc) is 3.26. The van der Waals surface area contributed by atoms with E-state index in [0.717, 1.165) is 38.3 Å². The minimum absolute atomic E-state index is 0.00473. The fourth-order valence-corrected chi connectivity index (χ4v) is 4.45. The summed E-state index contributed by atoms with van der Waals surface area (Å²) in [6.07, 6.45) is 2.67. The third-order valence-corrected chi connectivity index (χ3v) is 6.65. The molecule has 0 saturated carbocycles. The molecule has 35 heavy (non-hydrogen) atoms. The van der Waals surface area contributed by atoms with Gasteiger partial charge in [-0.25, -0.2) is 9.78 Å². The number of nitrogens with zero attached hydrogens (tertiary/aromatic N) is 5. The maximum absolute atomic E-state index is 12.3. The minimum Gasteiger partial charge on any atom is -0.447 e. The Labute approximate surface area is 206 Å². The molecule has 1 aromatic carbocycles. The summed E-state index contributed by atoms with van der Waals surface area (Å²) in [5.41, 5.74) is 2.35. The van der Waals surface area contributed by atoms with Gasteiger partial charge in [-0.2, -0.15) is 4.98 Å². The molecule has 4 rings (SSSR count). The number of cyclic esters (lactones) is 1. The lowest BCUT2D eigenvalue weighted by Crippen LogP contribution is -2.47. The van der Waals surface area contributed by atoms with E-state index in [1.54, 1.807) is 17.2 Å². The van der Waals surface area contributed by atoms with Gasteiger partial charge in [-0.15, -0.1) is 0 Å². The molecular formula is C26H34N6O3. The van der Waals surface area contributed by atoms with Crippen molar-refractivity contribution in [3.8, 4) is 0 Å². The van der Waals surface area contributed by atoms with Crippen molar-refractivity contribution in [1.29, 1.82) is 0 Å². The number of aromatic nitrogens is 2. The number of ether oxygens (including phenoxy) is 1. The van der Waals surface area contributed by atoms with Crippen LogP contribution in [0.2, 0.25) is 0 Å². The molecule has 2 aliphatic rings. The fraction of sp³-hybridized carbons (Fsp3) is 0.462. The first-order valence-corrected chi connectivity index (χ1v) is 12.1. The van der Waals surface area contributed by atoms with Gasteiger partial charge in [0.1, 0.15) is 12.4 Å². The summed E-state index contributed by atoms with van der Waals surface area (Å²) in [5, 5.41) is 3.35. The molecule has 2 aliphatic heterocycles. The van der Waals surface area contributed by atoms with Gasteiger partial charge in [0.2, 0.25) is 11.9 Å². The Bertz CT molecular complexity index is 1050. The number of hydrogen-bond acceptors (Lipinski definition) is 7. The molecule has 0 bridgehead atoms. The van der Waals surface area contributed by atoms with E-state index in [9.17, 15) is 9.59 Å². The molecule has 9 nitrogen and oxygen atoms in total. The predicted molar refractivity (Wildman–Crippen MR) is 135 cm³/mol. The zero-order chi connectivity index (χ0) is 24.9. The maximum atomic E-state index is 12.3. The Morgan fingerprint density at radius 2 is 1.89 bits per heavy atom. The molecule has 0 aliphatic carbocycles. The van der Waals surface area contributed by atoms with E-state index in [0.29, 0.717) is 18.4 Å². The molecule has 1 N–H and O–H groups in total. The van der Waals surface area contributed by atoms with Crippen molar-refractivity contribution in [2.75, 3.05) is 43.0 Å². The highest BCUT2D eigenvalue weighted by Crippen LogP contribution is 2.27. The molecule has 2 aromatic rings. The summed E-state index contributed by atoms with van der Waals surface area (Å²) in [4.78, 5) is 38.8. The van der Waals surface area contributed by atoms with Crippen LogP contribution in [0.15, 0.2) is 49.2 Å². The number of carbonyl (C=O) groups excluding carboxylic acids is 2. The lowest BCUT2D eigenvalue weighted by atomic mass is 10.0. The van der Waals surface area contributed by atoms with Crippen molar-refractivity contribution in [2.24, 2.45) is 5.92 Å². The van der Waals surface area contributed by atoms with Crippen molar-refractivity contribution in [2.45, 2.75) is 39.4 Å². The Morgan fingerprint density at radius 3 is 2.54 bits per heavy atom. The number of benzene rings is 1. The SMILES string of the molecule is C=CC(=O)N1CCN(Cc2ccc([C@H](C)Nc3nccc(N4C(=O)OCC4C(C)C)n3)cc2)CC1. The first-order chi connectivity index (χ1) is 16.9. The van der Waals surface area contributed by atoms with Crippen LogP contribution in [-0.4, -0.2) is 70.6 Å². The second kappa shape index (κ2) is 10.9. The number of piperazine rings is 1. The van der Waals surface area contributed by atoms with Gasteiger partial charge in [0.15, 0.2) is 0 Å². The van der Waals surface area contributed by atoms with E-state index in [2.05, 4.69) is 71.8 Å². The normalized spacial score (nSPS) is 19.5. The number of rotatable bonds is 8. The molecule has 2 saturated heterocycles. The highest BCUT2D eigenvalue weighted by molar-refractivity contribution is 5.89. The van der Waals surface area contributed by atoms with Gasteiger partial charge in [-0.05, 0) is 36.1 Å². The molecule has 2 atom stereocenters. The minimum atomic E-state index is -0.370. The van der Waals surface area contributed by atoms with Crippen molar-refractivity contribution >= 4 is 23.8 Å². The zero-order valence-electron chi connectivity index (χ0n) is 20.7. The van der Waals surface area contributed by atoms with Gasteiger partial charge in [0, 0.05) is 38.9 Å². The van der Waals surface area contributed by atoms with Gasteiger partial charge < -0.3 is 15.0 Å². The first-order valence-electron chi connectivity index (χ1n) is 12.1. The molecule has 9 heteroatoms. The van der Waals surface area contributed by atoms with Crippen LogP contribution in [0.3, 0.4) is 0 Å². The van der Waals surface area contributed by atoms with E-state index in [1.807, 2.05) is 4.90 Å². The van der Waals surface area contributed by atoms with Gasteiger partial charge in [-0.3, -0.25) is 14.6 Å². The predicted octanol–water partition coefficient (Wildman–Crippen LogP) is 3.46. The Hall–Kier alpha value is -3.46. The highest BCUT2D eigenvalue weighted by Gasteiger charge is 2.37. The summed E-state index contributed by atoms with van der Waals surface area (Å²) >= 11 is 0. The molecule has 2 amide bonds. The Kier molecular flexibility index (Phi) is 7.65. The van der Waals surface area contributed by atoms with Crippen LogP contribution < -0.4 is 10.2 Å². The van der Waals surface area contributed by atoms with E-state index in [-0.39, 0.29) is 30.0 Å². The zero-order valence-corrected chi connectivity index (χ0v) is 20.7. The summed E-state index contributed by atoms with van der Waals surface area (Å²) in [5.74, 6) is 1.27. The van der Waals surface area contributed by atoms with Gasteiger partial charge >= 0.3 is 6.09 Å². The van der Waals surface area contributed by atoms with Crippen molar-refractivity contribution in [1.82, 2.24) is 19.8 Å². The summed E-state index contributed by atoms with van der Waals surface area (Å²) < 4.78 is 5.25. The quantitative estimate of drug-likeness (QED) is 0.581. The number of carbonyl (C=O) groups is 2. The molecule has 0 radical (unpaired) electrons. The standard InChI is InChI=1S/C26H34N6O3/c1-5-24(33)31-14-12-30(13-15-31)16-20-6-8-21(9-7-20)19(4)28-25-27-11-10-23(29-25)32-22(18(2)3)17-35-26(32)34/h5-11,18-19,22H,1,12-17H2,2-4H3,(H,27,28,29)/t19-,22?/m0/s1. The van der Waals surface area contributed by atoms with Crippen LogP contribution in [0.1, 0.15) is 37.9 Å². The van der Waals surface area contributed by atoms with Crippen LogP contribution in [0.4, 0.5) is 16.6 Å². The van der Waals surface area contributed by atoms with Crippen molar-refractivity contribution in [3.05, 3.63) is 60.3 Å². The highest BCUT2D eigenvalue weighted by atomic mass is 16.6. The third kappa shape index (κ3) is 5.79. The second-order valence-electron chi connectivity index (χ2n) is 9.41. The van der Waals surface area contributed by atoms with E-state index in [1.165, 1.54) is 11.6 Å². The van der Waals surface area contributed by atoms with Crippen LogP contribution in [0.5, 0.6) is 0 Å². The first kappa shape index (κ1) is 24.7. The lowest BCUT2D eigenvalue weighted by molar-refractivity contribution is -0.127. The number of hydrogen-bond donors (Lipinski definition) is 1. The topological polar surface area (TPSA) is 90.9 Å². The Balaban J connectivity index is 1.35. The van der Waals surface area contributed by atoms with Gasteiger partial charge in [0.05, 0.1) is 12.1 Å². The third-order valence-electron chi connectivity index (χ3n) is 6.65. The van der Waals surface area contributed by atoms with Crippen LogP contribution in [0, 0.1) is 5.92 Å². The number of anilines is 2. The summed E-state index contributed by atoms with van der Waals surface area (Å²) in [6, 6.07) is 10.2. The summed E-state index contributed by atoms with van der Waals surface area (Å²) in [6.45, 7) is 14.2. The van der Waals surface area contributed by atoms with E-state index < -0.39 is 0 Å². The average molecular weight is 479 g/mol. The largest absolute Gasteiger partial charge is 0.447 e. The van der Waals surface area contributed by atoms with Gasteiger partial charge in [0.25, 0.3) is 0 Å². The molecule has 0 spiro atoms. The van der Waals surface area contributed by atoms with E-state index >= 15 is 0 Å². The van der Waals surface area contributed by atoms with Crippen molar-refractivity contribution < 1.29 is 14.3 Å². The van der Waals surface area contributed by atoms with Crippen molar-refractivity contribution in [3.63, 3.8) is 0 Å². The van der Waals surface area contributed by atoms with E-state index in [4.69, 9.17) is 4.74 Å². The molecule has 186 valence electrons. The fourth-order valence-electron chi connectivity index (χ4n) is 4.45. The monoisotopic (exact) mass is 478 g/mol. The lowest BCUT2D eigenvalue weighted by Gasteiger charge is -2.34. The van der Waals surface area contributed by atoms with Crippen LogP contribution in [0.25, 0.3) is 0 Å². The molecule has 1 unspecified atom stereocenters.